The highest BCUT2D eigenvalue weighted by Gasteiger charge is 2.23. The van der Waals surface area contributed by atoms with E-state index in [-0.39, 0.29) is 12.2 Å². The molecule has 2 unspecified atom stereocenters. The highest BCUT2D eigenvalue weighted by molar-refractivity contribution is 7.09. The number of thiazole rings is 1. The molecule has 9 heteroatoms. The van der Waals surface area contributed by atoms with Gasteiger partial charge in [-0.3, -0.25) is 9.89 Å². The summed E-state index contributed by atoms with van der Waals surface area (Å²) in [5.41, 5.74) is 1.72. The Morgan fingerprint density at radius 3 is 2.97 bits per heavy atom. The summed E-state index contributed by atoms with van der Waals surface area (Å²) in [5.74, 6) is -0.565. The van der Waals surface area contributed by atoms with Crippen molar-refractivity contribution >= 4 is 29.7 Å². The minimum Gasteiger partial charge on any atom is -0.459 e. The lowest BCUT2D eigenvalue weighted by Gasteiger charge is -2.33. The third kappa shape index (κ3) is 5.71. The number of morpholine rings is 1. The summed E-state index contributed by atoms with van der Waals surface area (Å²) in [6, 6.07) is 4.36. The number of nitrogens with zero attached hydrogens (tertiary/aromatic N) is 6. The van der Waals surface area contributed by atoms with Crippen molar-refractivity contribution < 1.29 is 9.47 Å². The van der Waals surface area contributed by atoms with Crippen molar-refractivity contribution in [1.82, 2.24) is 19.9 Å². The van der Waals surface area contributed by atoms with Crippen LogP contribution in [0.25, 0.3) is 12.2 Å². The smallest absolute Gasteiger partial charge is 0.316 e. The molecule has 4 rings (SSSR count). The first kappa shape index (κ1) is 23.2. The van der Waals surface area contributed by atoms with E-state index in [0.29, 0.717) is 12.3 Å². The minimum atomic E-state index is -0.565. The zero-order chi connectivity index (χ0) is 23.0. The number of hydrogen-bond donors (Lipinski definition) is 0. The second-order valence-electron chi connectivity index (χ2n) is 7.77. The number of aromatic nitrogens is 3. The van der Waals surface area contributed by atoms with Crippen LogP contribution in [-0.4, -0.2) is 65.1 Å². The molecular formula is C24H28N6O2S. The van der Waals surface area contributed by atoms with Gasteiger partial charge in [0, 0.05) is 31.9 Å². The molecular weight excluding hydrogens is 436 g/mol. The Morgan fingerprint density at radius 1 is 1.36 bits per heavy atom. The molecule has 1 fully saturated rings. The van der Waals surface area contributed by atoms with Crippen LogP contribution in [0.1, 0.15) is 43.3 Å². The van der Waals surface area contributed by atoms with E-state index in [1.54, 1.807) is 12.3 Å². The molecule has 1 saturated heterocycles. The Bertz CT molecular complexity index is 1180. The predicted molar refractivity (Wildman–Crippen MR) is 129 cm³/mol. The van der Waals surface area contributed by atoms with E-state index in [9.17, 15) is 5.26 Å². The topological polar surface area (TPSA) is 96.5 Å². The van der Waals surface area contributed by atoms with Crippen molar-refractivity contribution in [3.05, 3.63) is 44.5 Å². The molecule has 0 amide bonds. The number of nitriles is 1. The van der Waals surface area contributed by atoms with Crippen LogP contribution < -0.4 is 14.6 Å². The Labute approximate surface area is 197 Å². The van der Waals surface area contributed by atoms with Crippen LogP contribution in [0.5, 0.6) is 6.01 Å². The third-order valence-corrected chi connectivity index (χ3v) is 6.75. The number of hydrogen-bond acceptors (Lipinski definition) is 9. The fraction of sp³-hybridized carbons (Fsp3) is 0.458. The summed E-state index contributed by atoms with van der Waals surface area (Å²) >= 11 is 1.52. The van der Waals surface area contributed by atoms with Crippen LogP contribution >= 0.6 is 11.3 Å². The van der Waals surface area contributed by atoms with Crippen molar-refractivity contribution in [3.63, 3.8) is 0 Å². The van der Waals surface area contributed by atoms with Gasteiger partial charge in [-0.25, -0.2) is 9.97 Å². The lowest BCUT2D eigenvalue weighted by atomic mass is 10.1. The summed E-state index contributed by atoms with van der Waals surface area (Å²) in [6.07, 6.45) is 11.4. The van der Waals surface area contributed by atoms with Gasteiger partial charge < -0.3 is 9.47 Å². The maximum absolute atomic E-state index is 9.87. The van der Waals surface area contributed by atoms with Crippen LogP contribution in [0.2, 0.25) is 0 Å². The minimum absolute atomic E-state index is 0.122. The highest BCUT2D eigenvalue weighted by Crippen LogP contribution is 2.23. The zero-order valence-corrected chi connectivity index (χ0v) is 19.8. The van der Waals surface area contributed by atoms with Crippen molar-refractivity contribution in [2.45, 2.75) is 38.8 Å². The first-order valence-electron chi connectivity index (χ1n) is 11.2. The van der Waals surface area contributed by atoms with Gasteiger partial charge in [0.15, 0.2) is 0 Å². The summed E-state index contributed by atoms with van der Waals surface area (Å²) < 4.78 is 12.4. The van der Waals surface area contributed by atoms with Gasteiger partial charge in [0.1, 0.15) is 23.7 Å². The summed E-state index contributed by atoms with van der Waals surface area (Å²) in [5, 5.41) is 11.5. The molecule has 2 aromatic rings. The normalized spacial score (nSPS) is 21.0. The number of rotatable bonds is 7. The molecule has 0 aliphatic carbocycles. The third-order valence-electron chi connectivity index (χ3n) is 5.55. The highest BCUT2D eigenvalue weighted by atomic mass is 32.1. The summed E-state index contributed by atoms with van der Waals surface area (Å²) in [6.45, 7) is 7.72. The molecule has 172 valence electrons. The second-order valence-corrected chi connectivity index (χ2v) is 8.84. The number of dihydropyridines is 1. The molecule has 2 aromatic heterocycles. The lowest BCUT2D eigenvalue weighted by molar-refractivity contribution is 0.0179. The van der Waals surface area contributed by atoms with E-state index in [0.717, 1.165) is 59.6 Å². The van der Waals surface area contributed by atoms with Gasteiger partial charge in [-0.15, -0.1) is 11.3 Å². The van der Waals surface area contributed by atoms with Gasteiger partial charge in [-0.1, -0.05) is 19.1 Å². The van der Waals surface area contributed by atoms with Crippen molar-refractivity contribution in [1.29, 1.82) is 5.26 Å². The number of aliphatic imine (C=N–C) groups is 1. The molecule has 4 heterocycles. The molecule has 0 N–H and O–H groups in total. The fourth-order valence-electron chi connectivity index (χ4n) is 3.83. The standard InChI is InChI=1S/C24H28N6O2S/c1-3-5-20-21(4-2)33-23(28-20)18(15-25)19-7-9-27-24(29-19)32-16-17-6-8-26-22(14-17)30-10-12-31-13-11-30/h4-9,18,22H,3,10-14,16H2,1-2H3. The number of ether oxygens (including phenoxy) is 2. The fourth-order valence-corrected chi connectivity index (χ4v) is 4.84. The Morgan fingerprint density at radius 2 is 2.21 bits per heavy atom. The van der Waals surface area contributed by atoms with Crippen LogP contribution in [0, 0.1) is 11.3 Å². The Balaban J connectivity index is 1.44. The predicted octanol–water partition coefficient (Wildman–Crippen LogP) is 2.02. The Hall–Kier alpha value is -2.93. The van der Waals surface area contributed by atoms with Crippen molar-refractivity contribution in [2.75, 3.05) is 32.9 Å². The van der Waals surface area contributed by atoms with Crippen LogP contribution in [0.4, 0.5) is 0 Å². The molecule has 0 bridgehead atoms. The molecule has 0 radical (unpaired) electrons. The van der Waals surface area contributed by atoms with E-state index < -0.39 is 5.92 Å². The van der Waals surface area contributed by atoms with Gasteiger partial charge in [-0.2, -0.15) is 10.2 Å². The van der Waals surface area contributed by atoms with Gasteiger partial charge in [0.05, 0.1) is 34.9 Å². The largest absolute Gasteiger partial charge is 0.459 e. The molecule has 0 aromatic carbocycles. The maximum atomic E-state index is 9.87. The molecule has 2 aliphatic heterocycles. The summed E-state index contributed by atoms with van der Waals surface area (Å²) in [4.78, 5) is 20.4. The average molecular weight is 465 g/mol. The molecule has 2 aliphatic rings. The van der Waals surface area contributed by atoms with E-state index in [4.69, 9.17) is 14.5 Å². The molecule has 33 heavy (non-hydrogen) atoms. The maximum Gasteiger partial charge on any atom is 0.316 e. The van der Waals surface area contributed by atoms with Gasteiger partial charge in [0.2, 0.25) is 0 Å². The molecule has 8 nitrogen and oxygen atoms in total. The van der Waals surface area contributed by atoms with Crippen molar-refractivity contribution in [3.8, 4) is 12.1 Å². The first-order valence-corrected chi connectivity index (χ1v) is 12.0. The molecule has 0 saturated carbocycles. The van der Waals surface area contributed by atoms with E-state index in [1.807, 2.05) is 25.3 Å². The monoisotopic (exact) mass is 464 g/mol. The van der Waals surface area contributed by atoms with Gasteiger partial charge in [0.25, 0.3) is 0 Å². The summed E-state index contributed by atoms with van der Waals surface area (Å²) in [7, 11) is 0. The number of allylic oxidation sites excluding steroid dienone is 1. The van der Waals surface area contributed by atoms with Crippen LogP contribution in [0.15, 0.2) is 28.9 Å². The van der Waals surface area contributed by atoms with Crippen LogP contribution in [0.3, 0.4) is 0 Å². The van der Waals surface area contributed by atoms with Gasteiger partial charge >= 0.3 is 6.01 Å². The van der Waals surface area contributed by atoms with Crippen molar-refractivity contribution in [2.24, 2.45) is 4.99 Å². The zero-order valence-electron chi connectivity index (χ0n) is 19.0. The van der Waals surface area contributed by atoms with Gasteiger partial charge in [-0.05, 0) is 31.1 Å². The first-order chi connectivity index (χ1) is 16.2. The quantitative estimate of drug-likeness (QED) is 0.618. The lowest BCUT2D eigenvalue weighted by Crippen LogP contribution is -2.43. The second kappa shape index (κ2) is 11.3. The molecule has 0 spiro atoms. The van der Waals surface area contributed by atoms with E-state index >= 15 is 0 Å². The van der Waals surface area contributed by atoms with Crippen LogP contribution in [-0.2, 0) is 4.74 Å². The molecule has 2 atom stereocenters. The average Bonchev–Trinajstić information content (AvgIpc) is 3.27. The Kier molecular flexibility index (Phi) is 7.94. The van der Waals surface area contributed by atoms with E-state index in [1.165, 1.54) is 11.3 Å². The van der Waals surface area contributed by atoms with E-state index in [2.05, 4.69) is 38.9 Å². The SMILES string of the molecule is CC=c1sc(C(C#N)c2ccnc(OCC3=CC=NC(N4CCOCC4)C3)n2)nc1=CCC.